The molecule has 3 nitrogen and oxygen atoms in total. The van der Waals surface area contributed by atoms with Crippen molar-refractivity contribution in [2.45, 2.75) is 25.2 Å². The second-order valence-corrected chi connectivity index (χ2v) is 8.52. The third kappa shape index (κ3) is 3.67. The van der Waals surface area contributed by atoms with Gasteiger partial charge in [-0.3, -0.25) is 4.79 Å². The highest BCUT2D eigenvalue weighted by molar-refractivity contribution is 9.10. The minimum Gasteiger partial charge on any atom is -0.342 e. The first-order chi connectivity index (χ1) is 12.6. The fourth-order valence-electron chi connectivity index (χ4n) is 3.38. The van der Waals surface area contributed by atoms with Crippen molar-refractivity contribution < 1.29 is 9.18 Å². The molecular weight excluding hydrogens is 415 g/mol. The average molecular weight is 433 g/mol. The Labute approximate surface area is 164 Å². The van der Waals surface area contributed by atoms with Gasteiger partial charge >= 0.3 is 0 Å². The molecule has 0 bridgehead atoms. The summed E-state index contributed by atoms with van der Waals surface area (Å²) in [5.41, 5.74) is 1.89. The number of para-hydroxylation sites is 1. The standard InChI is InChI=1S/C20H18BrFN2OS/c21-15-11-13(5-6-16(15)22)12-19(25)24-9-7-14(8-10-24)20-23-17-3-1-2-4-18(17)26-20/h1-6,11,14H,7-10,12H2. The molecule has 3 aromatic rings. The second-order valence-electron chi connectivity index (χ2n) is 6.60. The molecule has 2 aromatic carbocycles. The number of carbonyl (C=O) groups excluding carboxylic acids is 1. The van der Waals surface area contributed by atoms with E-state index in [2.05, 4.69) is 28.1 Å². The number of amides is 1. The molecule has 0 saturated carbocycles. The number of thiazole rings is 1. The summed E-state index contributed by atoms with van der Waals surface area (Å²) in [6.45, 7) is 1.50. The molecule has 0 atom stereocenters. The molecule has 4 rings (SSSR count). The summed E-state index contributed by atoms with van der Waals surface area (Å²) >= 11 is 4.94. The first kappa shape index (κ1) is 17.6. The molecule has 1 aromatic heterocycles. The number of benzene rings is 2. The van der Waals surface area contributed by atoms with E-state index in [1.165, 1.54) is 15.8 Å². The van der Waals surface area contributed by atoms with E-state index >= 15 is 0 Å². The third-order valence-corrected chi connectivity index (χ3v) is 6.65. The Bertz CT molecular complexity index is 917. The lowest BCUT2D eigenvalue weighted by atomic mass is 9.97. The molecule has 1 aliphatic heterocycles. The Balaban J connectivity index is 1.38. The van der Waals surface area contributed by atoms with E-state index in [1.807, 2.05) is 17.0 Å². The van der Waals surface area contributed by atoms with Gasteiger partial charge in [0.2, 0.25) is 5.91 Å². The van der Waals surface area contributed by atoms with Crippen LogP contribution in [0.4, 0.5) is 4.39 Å². The number of likely N-dealkylation sites (tertiary alicyclic amines) is 1. The highest BCUT2D eigenvalue weighted by atomic mass is 79.9. The first-order valence-corrected chi connectivity index (χ1v) is 10.3. The van der Waals surface area contributed by atoms with E-state index in [-0.39, 0.29) is 11.7 Å². The maximum absolute atomic E-state index is 13.3. The molecule has 0 unspecified atom stereocenters. The van der Waals surface area contributed by atoms with E-state index in [9.17, 15) is 9.18 Å². The van der Waals surface area contributed by atoms with Gasteiger partial charge < -0.3 is 4.90 Å². The highest BCUT2D eigenvalue weighted by Crippen LogP contribution is 2.34. The molecule has 134 valence electrons. The monoisotopic (exact) mass is 432 g/mol. The molecule has 0 radical (unpaired) electrons. The van der Waals surface area contributed by atoms with Gasteiger partial charge in [0.25, 0.3) is 0 Å². The summed E-state index contributed by atoms with van der Waals surface area (Å²) < 4.78 is 15.0. The molecule has 26 heavy (non-hydrogen) atoms. The van der Waals surface area contributed by atoms with Crippen LogP contribution in [0.25, 0.3) is 10.2 Å². The van der Waals surface area contributed by atoms with Crippen molar-refractivity contribution in [3.63, 3.8) is 0 Å². The van der Waals surface area contributed by atoms with Crippen molar-refractivity contribution >= 4 is 43.4 Å². The number of nitrogens with zero attached hydrogens (tertiary/aromatic N) is 2. The van der Waals surface area contributed by atoms with Crippen molar-refractivity contribution in [3.05, 3.63) is 63.3 Å². The molecular formula is C20H18BrFN2OS. The predicted molar refractivity (Wildman–Crippen MR) is 106 cm³/mol. The van der Waals surface area contributed by atoms with Crippen LogP contribution >= 0.6 is 27.3 Å². The number of aromatic nitrogens is 1. The minimum atomic E-state index is -0.308. The van der Waals surface area contributed by atoms with Crippen molar-refractivity contribution in [3.8, 4) is 0 Å². The Morgan fingerprint density at radius 3 is 2.73 bits per heavy atom. The lowest BCUT2D eigenvalue weighted by Crippen LogP contribution is -2.38. The number of piperidine rings is 1. The number of carbonyl (C=O) groups is 1. The topological polar surface area (TPSA) is 33.2 Å². The Hall–Kier alpha value is -1.79. The number of hydrogen-bond donors (Lipinski definition) is 0. The van der Waals surface area contributed by atoms with Gasteiger partial charge in [-0.2, -0.15) is 0 Å². The van der Waals surface area contributed by atoms with Crippen molar-refractivity contribution in [1.82, 2.24) is 9.88 Å². The summed E-state index contributed by atoms with van der Waals surface area (Å²) in [5.74, 6) is 0.223. The number of hydrogen-bond acceptors (Lipinski definition) is 3. The molecule has 0 N–H and O–H groups in total. The largest absolute Gasteiger partial charge is 0.342 e. The summed E-state index contributed by atoms with van der Waals surface area (Å²) in [6.07, 6.45) is 2.20. The smallest absolute Gasteiger partial charge is 0.226 e. The Morgan fingerprint density at radius 1 is 1.23 bits per heavy atom. The summed E-state index contributed by atoms with van der Waals surface area (Å²) in [6, 6.07) is 13.0. The quantitative estimate of drug-likeness (QED) is 0.573. The van der Waals surface area contributed by atoms with Crippen LogP contribution in [0.2, 0.25) is 0 Å². The van der Waals surface area contributed by atoms with Gasteiger partial charge in [-0.25, -0.2) is 9.37 Å². The number of fused-ring (bicyclic) bond motifs is 1. The van der Waals surface area contributed by atoms with E-state index in [1.54, 1.807) is 23.5 Å². The van der Waals surface area contributed by atoms with Crippen LogP contribution in [-0.4, -0.2) is 28.9 Å². The molecule has 1 amide bonds. The maximum Gasteiger partial charge on any atom is 0.226 e. The SMILES string of the molecule is O=C(Cc1ccc(F)c(Br)c1)N1CCC(c2nc3ccccc3s2)CC1. The molecule has 0 aliphatic carbocycles. The summed E-state index contributed by atoms with van der Waals surface area (Å²) in [5, 5.41) is 1.18. The van der Waals surface area contributed by atoms with Gasteiger partial charge in [0, 0.05) is 19.0 Å². The zero-order valence-corrected chi connectivity index (χ0v) is 16.5. The van der Waals surface area contributed by atoms with Crippen molar-refractivity contribution in [2.75, 3.05) is 13.1 Å². The van der Waals surface area contributed by atoms with Crippen LogP contribution in [0.5, 0.6) is 0 Å². The second kappa shape index (κ2) is 7.45. The number of halogens is 2. The van der Waals surface area contributed by atoms with E-state index < -0.39 is 0 Å². The maximum atomic E-state index is 13.3. The van der Waals surface area contributed by atoms with E-state index in [0.717, 1.165) is 37.0 Å². The fraction of sp³-hybridized carbons (Fsp3) is 0.300. The summed E-state index contributed by atoms with van der Waals surface area (Å²) in [4.78, 5) is 19.2. The van der Waals surface area contributed by atoms with Crippen LogP contribution in [0.15, 0.2) is 46.9 Å². The van der Waals surface area contributed by atoms with Crippen LogP contribution in [0.1, 0.15) is 29.3 Å². The normalized spacial score (nSPS) is 15.5. The molecule has 6 heteroatoms. The molecule has 1 fully saturated rings. The van der Waals surface area contributed by atoms with Crippen molar-refractivity contribution in [2.24, 2.45) is 0 Å². The van der Waals surface area contributed by atoms with Crippen LogP contribution in [0, 0.1) is 5.82 Å². The molecule has 1 aliphatic rings. The average Bonchev–Trinajstić information content (AvgIpc) is 3.09. The van der Waals surface area contributed by atoms with Crippen LogP contribution < -0.4 is 0 Å². The molecule has 1 saturated heterocycles. The van der Waals surface area contributed by atoms with Crippen LogP contribution in [-0.2, 0) is 11.2 Å². The Morgan fingerprint density at radius 2 is 2.00 bits per heavy atom. The van der Waals surface area contributed by atoms with Crippen molar-refractivity contribution in [1.29, 1.82) is 0 Å². The fourth-order valence-corrected chi connectivity index (χ4v) is 4.94. The van der Waals surface area contributed by atoms with Gasteiger partial charge in [0.05, 0.1) is 26.1 Å². The van der Waals surface area contributed by atoms with Gasteiger partial charge in [0.15, 0.2) is 0 Å². The van der Waals surface area contributed by atoms with E-state index in [0.29, 0.717) is 16.8 Å². The minimum absolute atomic E-state index is 0.103. The third-order valence-electron chi connectivity index (χ3n) is 4.85. The zero-order valence-electron chi connectivity index (χ0n) is 14.1. The summed E-state index contributed by atoms with van der Waals surface area (Å²) in [7, 11) is 0. The van der Waals surface area contributed by atoms with E-state index in [4.69, 9.17) is 4.98 Å². The molecule has 2 heterocycles. The lowest BCUT2D eigenvalue weighted by molar-refractivity contribution is -0.131. The van der Waals surface area contributed by atoms with Gasteiger partial charge in [-0.15, -0.1) is 11.3 Å². The number of rotatable bonds is 3. The highest BCUT2D eigenvalue weighted by Gasteiger charge is 2.26. The van der Waals surface area contributed by atoms with Gasteiger partial charge in [-0.1, -0.05) is 18.2 Å². The predicted octanol–water partition coefficient (Wildman–Crippen LogP) is 5.15. The van der Waals surface area contributed by atoms with Gasteiger partial charge in [-0.05, 0) is 58.6 Å². The van der Waals surface area contributed by atoms with Gasteiger partial charge in [0.1, 0.15) is 5.82 Å². The Kier molecular flexibility index (Phi) is 5.05. The molecule has 0 spiro atoms. The van der Waals surface area contributed by atoms with Crippen LogP contribution in [0.3, 0.4) is 0 Å². The first-order valence-electron chi connectivity index (χ1n) is 8.67. The lowest BCUT2D eigenvalue weighted by Gasteiger charge is -2.31. The zero-order chi connectivity index (χ0) is 18.1.